The van der Waals surface area contributed by atoms with Gasteiger partial charge in [-0.1, -0.05) is 13.3 Å². The number of nitrogens with zero attached hydrogens (tertiary/aromatic N) is 1. The van der Waals surface area contributed by atoms with Crippen LogP contribution in [0.5, 0.6) is 0 Å². The van der Waals surface area contributed by atoms with Crippen LogP contribution in [-0.2, 0) is 9.59 Å². The Bertz CT molecular complexity index is 446. The van der Waals surface area contributed by atoms with Crippen LogP contribution in [0.15, 0.2) is 24.3 Å². The third-order valence-electron chi connectivity index (χ3n) is 2.93. The summed E-state index contributed by atoms with van der Waals surface area (Å²) in [5.41, 5.74) is 0.597. The highest BCUT2D eigenvalue weighted by atomic mass is 19.1. The number of hydrogen-bond donors (Lipinski definition) is 1. The summed E-state index contributed by atoms with van der Waals surface area (Å²) >= 11 is 0. The van der Waals surface area contributed by atoms with Gasteiger partial charge in [0.25, 0.3) is 0 Å². The van der Waals surface area contributed by atoms with Gasteiger partial charge in [0.05, 0.1) is 0 Å². The fraction of sp³-hybridized carbons (Fsp3) is 0.467. The summed E-state index contributed by atoms with van der Waals surface area (Å²) < 4.78 is 12.9. The van der Waals surface area contributed by atoms with E-state index in [1.807, 2.05) is 0 Å². The fourth-order valence-electron chi connectivity index (χ4n) is 1.80. The monoisotopic (exact) mass is 280 g/mol. The van der Waals surface area contributed by atoms with Crippen molar-refractivity contribution in [2.45, 2.75) is 33.1 Å². The minimum absolute atomic E-state index is 0.0770. The van der Waals surface area contributed by atoms with Crippen LogP contribution >= 0.6 is 0 Å². The highest BCUT2D eigenvalue weighted by Gasteiger charge is 2.13. The molecule has 0 heterocycles. The Morgan fingerprint density at radius 1 is 1.25 bits per heavy atom. The summed E-state index contributed by atoms with van der Waals surface area (Å²) in [5, 5.41) is 2.80. The maximum Gasteiger partial charge on any atom is 0.223 e. The van der Waals surface area contributed by atoms with E-state index in [9.17, 15) is 14.0 Å². The second-order valence-corrected chi connectivity index (χ2v) is 4.60. The van der Waals surface area contributed by atoms with Gasteiger partial charge in [-0.05, 0) is 30.7 Å². The standard InChI is InChI=1S/C15H21FN2O2/c1-3-4-10-17-15(20)9-11-18(12(2)19)14-7-5-13(16)6-8-14/h5-8H,3-4,9-11H2,1-2H3,(H,17,20). The molecule has 0 spiro atoms. The summed E-state index contributed by atoms with van der Waals surface area (Å²) in [5.74, 6) is -0.598. The predicted molar refractivity (Wildman–Crippen MR) is 77.0 cm³/mol. The summed E-state index contributed by atoms with van der Waals surface area (Å²) in [7, 11) is 0. The van der Waals surface area contributed by atoms with Crippen molar-refractivity contribution in [3.05, 3.63) is 30.1 Å². The van der Waals surface area contributed by atoms with Crippen LogP contribution in [0.2, 0.25) is 0 Å². The number of unbranched alkanes of at least 4 members (excludes halogenated alkanes) is 1. The first kappa shape index (κ1) is 16.1. The largest absolute Gasteiger partial charge is 0.356 e. The van der Waals surface area contributed by atoms with Gasteiger partial charge in [0, 0.05) is 32.1 Å². The Balaban J connectivity index is 2.54. The van der Waals surface area contributed by atoms with Gasteiger partial charge in [-0.15, -0.1) is 0 Å². The zero-order valence-electron chi connectivity index (χ0n) is 12.0. The van der Waals surface area contributed by atoms with Gasteiger partial charge in [-0.2, -0.15) is 0 Å². The molecule has 1 N–H and O–H groups in total. The van der Waals surface area contributed by atoms with Crippen molar-refractivity contribution in [2.24, 2.45) is 0 Å². The molecule has 0 unspecified atom stereocenters. The summed E-state index contributed by atoms with van der Waals surface area (Å²) in [4.78, 5) is 24.7. The lowest BCUT2D eigenvalue weighted by atomic mass is 10.2. The van der Waals surface area contributed by atoms with Crippen LogP contribution < -0.4 is 10.2 Å². The molecule has 0 bridgehead atoms. The molecule has 0 aliphatic carbocycles. The lowest BCUT2D eigenvalue weighted by Crippen LogP contribution is -2.34. The number of nitrogens with one attached hydrogen (secondary N) is 1. The quantitative estimate of drug-likeness (QED) is 0.780. The molecular formula is C15H21FN2O2. The Kier molecular flexibility index (Phi) is 6.70. The summed E-state index contributed by atoms with van der Waals surface area (Å²) in [6.45, 7) is 4.43. The molecule has 0 saturated heterocycles. The molecule has 0 saturated carbocycles. The molecule has 5 heteroatoms. The minimum atomic E-state index is -0.352. The first-order valence-corrected chi connectivity index (χ1v) is 6.85. The minimum Gasteiger partial charge on any atom is -0.356 e. The fourth-order valence-corrected chi connectivity index (χ4v) is 1.80. The average molecular weight is 280 g/mol. The molecule has 1 aromatic rings. The number of amides is 2. The van der Waals surface area contributed by atoms with Gasteiger partial charge in [0.1, 0.15) is 5.82 Å². The number of anilines is 1. The summed E-state index contributed by atoms with van der Waals surface area (Å²) in [6, 6.07) is 5.66. The Morgan fingerprint density at radius 2 is 1.90 bits per heavy atom. The second-order valence-electron chi connectivity index (χ2n) is 4.60. The molecule has 110 valence electrons. The van der Waals surface area contributed by atoms with E-state index >= 15 is 0 Å². The zero-order valence-corrected chi connectivity index (χ0v) is 12.0. The third-order valence-corrected chi connectivity index (χ3v) is 2.93. The average Bonchev–Trinajstić information content (AvgIpc) is 2.41. The molecule has 20 heavy (non-hydrogen) atoms. The molecule has 0 aromatic heterocycles. The van der Waals surface area contributed by atoms with E-state index in [1.54, 1.807) is 0 Å². The molecule has 4 nitrogen and oxygen atoms in total. The first-order chi connectivity index (χ1) is 9.54. The van der Waals surface area contributed by atoms with Gasteiger partial charge in [-0.25, -0.2) is 4.39 Å². The molecule has 0 radical (unpaired) electrons. The molecule has 0 atom stereocenters. The second kappa shape index (κ2) is 8.30. The van der Waals surface area contributed by atoms with E-state index in [0.717, 1.165) is 12.8 Å². The SMILES string of the molecule is CCCCNC(=O)CCN(C(C)=O)c1ccc(F)cc1. The van der Waals surface area contributed by atoms with Crippen LogP contribution in [0.3, 0.4) is 0 Å². The number of carbonyl (C=O) groups excluding carboxylic acids is 2. The van der Waals surface area contributed by atoms with E-state index in [4.69, 9.17) is 0 Å². The maximum atomic E-state index is 12.9. The number of hydrogen-bond acceptors (Lipinski definition) is 2. The summed E-state index contributed by atoms with van der Waals surface area (Å²) in [6.07, 6.45) is 2.20. The highest BCUT2D eigenvalue weighted by molar-refractivity contribution is 5.92. The van der Waals surface area contributed by atoms with E-state index in [0.29, 0.717) is 18.8 Å². The molecule has 1 rings (SSSR count). The molecule has 2 amide bonds. The Labute approximate surface area is 119 Å². The van der Waals surface area contributed by atoms with Crippen molar-refractivity contribution >= 4 is 17.5 Å². The van der Waals surface area contributed by atoms with Crippen LogP contribution in [0, 0.1) is 5.82 Å². The third kappa shape index (κ3) is 5.38. The van der Waals surface area contributed by atoms with Gasteiger partial charge in [0.15, 0.2) is 0 Å². The van der Waals surface area contributed by atoms with Gasteiger partial charge in [0.2, 0.25) is 11.8 Å². The number of benzene rings is 1. The topological polar surface area (TPSA) is 49.4 Å². The molecular weight excluding hydrogens is 259 g/mol. The molecule has 1 aromatic carbocycles. The Hall–Kier alpha value is -1.91. The van der Waals surface area contributed by atoms with Crippen molar-refractivity contribution in [2.75, 3.05) is 18.0 Å². The van der Waals surface area contributed by atoms with E-state index in [-0.39, 0.29) is 24.1 Å². The van der Waals surface area contributed by atoms with E-state index < -0.39 is 0 Å². The molecule has 0 aliphatic rings. The predicted octanol–water partition coefficient (Wildman–Crippen LogP) is 2.49. The van der Waals surface area contributed by atoms with Crippen molar-refractivity contribution in [3.8, 4) is 0 Å². The molecule has 0 fully saturated rings. The van der Waals surface area contributed by atoms with E-state index in [1.165, 1.54) is 36.1 Å². The highest BCUT2D eigenvalue weighted by Crippen LogP contribution is 2.15. The van der Waals surface area contributed by atoms with Crippen LogP contribution in [0.25, 0.3) is 0 Å². The van der Waals surface area contributed by atoms with Crippen molar-refractivity contribution in [1.82, 2.24) is 5.32 Å². The first-order valence-electron chi connectivity index (χ1n) is 6.85. The zero-order chi connectivity index (χ0) is 15.0. The van der Waals surface area contributed by atoms with Gasteiger partial charge in [-0.3, -0.25) is 9.59 Å². The number of carbonyl (C=O) groups is 2. The molecule has 0 aliphatic heterocycles. The van der Waals surface area contributed by atoms with Crippen LogP contribution in [0.4, 0.5) is 10.1 Å². The maximum absolute atomic E-state index is 12.9. The van der Waals surface area contributed by atoms with Crippen molar-refractivity contribution in [3.63, 3.8) is 0 Å². The smallest absolute Gasteiger partial charge is 0.223 e. The van der Waals surface area contributed by atoms with Crippen LogP contribution in [-0.4, -0.2) is 24.9 Å². The van der Waals surface area contributed by atoms with Gasteiger partial charge >= 0.3 is 0 Å². The van der Waals surface area contributed by atoms with Crippen molar-refractivity contribution < 1.29 is 14.0 Å². The van der Waals surface area contributed by atoms with Gasteiger partial charge < -0.3 is 10.2 Å². The number of rotatable bonds is 7. The van der Waals surface area contributed by atoms with Crippen molar-refractivity contribution in [1.29, 1.82) is 0 Å². The normalized spacial score (nSPS) is 10.2. The number of halogens is 1. The van der Waals surface area contributed by atoms with Crippen LogP contribution in [0.1, 0.15) is 33.1 Å². The van der Waals surface area contributed by atoms with E-state index in [2.05, 4.69) is 12.2 Å². The lowest BCUT2D eigenvalue weighted by molar-refractivity contribution is -0.121. The Morgan fingerprint density at radius 3 is 2.45 bits per heavy atom. The lowest BCUT2D eigenvalue weighted by Gasteiger charge is -2.21.